The molecule has 0 amide bonds. The number of hydrogen-bond acceptors (Lipinski definition) is 7. The van der Waals surface area contributed by atoms with Crippen molar-refractivity contribution in [1.82, 2.24) is 0 Å². The Hall–Kier alpha value is -3.33. The monoisotopic (exact) mass is 861 g/mol. The maximum atomic E-state index is 12.3. The third-order valence-corrected chi connectivity index (χ3v) is 16.5. The number of allylic oxidation sites excluding steroid dienone is 1. The molecule has 1 aliphatic heterocycles. The van der Waals surface area contributed by atoms with Gasteiger partial charge in [0.25, 0.3) is 0 Å². The Balaban J connectivity index is 1.03. The van der Waals surface area contributed by atoms with E-state index in [4.69, 9.17) is 28.4 Å². The fraction of sp³-hybridized carbons (Fsp3) is 0.625. The lowest BCUT2D eigenvalue weighted by Gasteiger charge is -2.58. The van der Waals surface area contributed by atoms with Gasteiger partial charge in [-0.3, -0.25) is 4.79 Å². The van der Waals surface area contributed by atoms with Crippen LogP contribution in [0.15, 0.2) is 103 Å². The maximum Gasteiger partial charge on any atom is 0.302 e. The highest BCUT2D eigenvalue weighted by atomic mass is 16.7. The molecule has 0 spiro atoms. The van der Waals surface area contributed by atoms with Crippen molar-refractivity contribution < 1.29 is 33.2 Å². The number of benzene rings is 3. The lowest BCUT2D eigenvalue weighted by atomic mass is 9.47. The van der Waals surface area contributed by atoms with E-state index in [0.29, 0.717) is 25.2 Å². The van der Waals surface area contributed by atoms with Crippen LogP contribution in [0, 0.1) is 46.3 Å². The lowest BCUT2D eigenvalue weighted by Crippen LogP contribution is -2.62. The Bertz CT molecular complexity index is 1920. The third-order valence-electron chi connectivity index (χ3n) is 16.5. The standard InChI is InChI=1S/C56H76O7/c1-38(2)17-16-18-39(3)47-27-28-48-46-26-25-44-33-45(29-31-55(44,5)49(46)30-32-56(47,48)6)62-54-53(61-36-43-23-14-9-15-24-43)52(60-35-42-21-12-8-13-22-42)51(50(63-54)37-58-40(4)57)59-34-41-19-10-7-11-20-41/h7-15,19-25,38-39,45-54H,16-18,26-37H2,1-6H3/t39-,45+,46+,47-,48+,49+,50-,51-,52+,53-,54+,55+,56-/m1/s1. The summed E-state index contributed by atoms with van der Waals surface area (Å²) in [6.45, 7) is 15.1. The van der Waals surface area contributed by atoms with Gasteiger partial charge in [-0.2, -0.15) is 0 Å². The van der Waals surface area contributed by atoms with Crippen molar-refractivity contribution >= 4 is 5.97 Å². The van der Waals surface area contributed by atoms with Crippen molar-refractivity contribution in [2.75, 3.05) is 6.61 Å². The van der Waals surface area contributed by atoms with Gasteiger partial charge in [-0.1, -0.05) is 157 Å². The predicted octanol–water partition coefficient (Wildman–Crippen LogP) is 12.5. The Kier molecular flexibility index (Phi) is 15.3. The Morgan fingerprint density at radius 1 is 0.714 bits per heavy atom. The van der Waals surface area contributed by atoms with Crippen LogP contribution in [0.3, 0.4) is 0 Å². The summed E-state index contributed by atoms with van der Waals surface area (Å²) in [5.41, 5.74) is 5.36. The number of carbonyl (C=O) groups excluding carboxylic acids is 1. The van der Waals surface area contributed by atoms with Crippen LogP contribution in [0.1, 0.15) is 129 Å². The highest BCUT2D eigenvalue weighted by Gasteiger charge is 2.59. The molecule has 3 saturated carbocycles. The zero-order chi connectivity index (χ0) is 44.0. The molecule has 342 valence electrons. The van der Waals surface area contributed by atoms with Crippen LogP contribution in [-0.2, 0) is 53.0 Å². The minimum Gasteiger partial charge on any atom is -0.463 e. The largest absolute Gasteiger partial charge is 0.463 e. The van der Waals surface area contributed by atoms with Gasteiger partial charge in [-0.25, -0.2) is 0 Å². The zero-order valence-corrected chi connectivity index (χ0v) is 39.1. The lowest BCUT2D eigenvalue weighted by molar-refractivity contribution is -0.336. The molecule has 0 bridgehead atoms. The molecule has 1 saturated heterocycles. The highest BCUT2D eigenvalue weighted by Crippen LogP contribution is 2.67. The van der Waals surface area contributed by atoms with Crippen molar-refractivity contribution in [2.45, 2.75) is 169 Å². The van der Waals surface area contributed by atoms with E-state index in [0.717, 1.165) is 71.5 Å². The van der Waals surface area contributed by atoms with Crippen LogP contribution < -0.4 is 0 Å². The first kappa shape index (κ1) is 46.2. The Morgan fingerprint density at radius 3 is 1.92 bits per heavy atom. The second-order valence-electron chi connectivity index (χ2n) is 20.9. The van der Waals surface area contributed by atoms with Gasteiger partial charge in [0.05, 0.1) is 25.9 Å². The van der Waals surface area contributed by atoms with Crippen molar-refractivity contribution in [1.29, 1.82) is 0 Å². The fourth-order valence-electron chi connectivity index (χ4n) is 13.1. The predicted molar refractivity (Wildman–Crippen MR) is 248 cm³/mol. The summed E-state index contributed by atoms with van der Waals surface area (Å²) in [4.78, 5) is 12.3. The number of hydrogen-bond donors (Lipinski definition) is 0. The molecule has 1 heterocycles. The molecule has 0 N–H and O–H groups in total. The van der Waals surface area contributed by atoms with Gasteiger partial charge in [0.2, 0.25) is 0 Å². The number of ether oxygens (including phenoxy) is 6. The molecule has 0 radical (unpaired) electrons. The summed E-state index contributed by atoms with van der Waals surface area (Å²) in [5, 5.41) is 0. The summed E-state index contributed by atoms with van der Waals surface area (Å²) in [5.74, 6) is 4.43. The number of rotatable bonds is 18. The molecular formula is C56H76O7. The molecule has 7 heteroatoms. The van der Waals surface area contributed by atoms with Gasteiger partial charge in [0, 0.05) is 6.92 Å². The SMILES string of the molecule is CC(=O)OC[C@H]1O[C@H](O[C@H]2CC[C@@]3(C)C(=CC[C@H]4[C@@H]5CC[C@H]([C@H](C)CCCC(C)C)[C@@]5(C)CC[C@@H]43)C2)[C@H](OCc2ccccc2)[C@@H](OCc2ccccc2)[C@@H]1OCc1ccccc1. The summed E-state index contributed by atoms with van der Waals surface area (Å²) in [7, 11) is 0. The first-order valence-corrected chi connectivity index (χ1v) is 24.6. The minimum atomic E-state index is -0.772. The van der Waals surface area contributed by atoms with Crippen molar-refractivity contribution in [3.8, 4) is 0 Å². The van der Waals surface area contributed by atoms with Gasteiger partial charge >= 0.3 is 5.97 Å². The van der Waals surface area contributed by atoms with E-state index < -0.39 is 30.7 Å². The molecule has 8 rings (SSSR count). The smallest absolute Gasteiger partial charge is 0.302 e. The molecule has 4 aliphatic carbocycles. The van der Waals surface area contributed by atoms with Gasteiger partial charge in [-0.05, 0) is 114 Å². The highest BCUT2D eigenvalue weighted by molar-refractivity contribution is 5.65. The van der Waals surface area contributed by atoms with E-state index in [9.17, 15) is 4.79 Å². The molecular weight excluding hydrogens is 785 g/mol. The van der Waals surface area contributed by atoms with Crippen molar-refractivity contribution in [2.24, 2.45) is 46.3 Å². The van der Waals surface area contributed by atoms with Gasteiger partial charge < -0.3 is 28.4 Å². The molecule has 7 nitrogen and oxygen atoms in total. The van der Waals surface area contributed by atoms with Crippen LogP contribution in [0.5, 0.6) is 0 Å². The van der Waals surface area contributed by atoms with E-state index in [1.165, 1.54) is 58.3 Å². The molecule has 0 unspecified atom stereocenters. The van der Waals surface area contributed by atoms with Crippen molar-refractivity contribution in [3.05, 3.63) is 119 Å². The summed E-state index contributed by atoms with van der Waals surface area (Å²) in [6, 6.07) is 30.5. The molecule has 3 aromatic rings. The molecule has 4 fully saturated rings. The van der Waals surface area contributed by atoms with Gasteiger partial charge in [-0.15, -0.1) is 0 Å². The Morgan fingerprint density at radius 2 is 1.32 bits per heavy atom. The van der Waals surface area contributed by atoms with E-state index in [-0.39, 0.29) is 24.1 Å². The number of esters is 1. The second kappa shape index (κ2) is 20.9. The number of carbonyl (C=O) groups is 1. The average molecular weight is 861 g/mol. The van der Waals surface area contributed by atoms with Crippen LogP contribution in [0.2, 0.25) is 0 Å². The van der Waals surface area contributed by atoms with Gasteiger partial charge in [0.15, 0.2) is 6.29 Å². The summed E-state index contributed by atoms with van der Waals surface area (Å²) in [6.07, 6.45) is 13.2. The molecule has 0 aromatic heterocycles. The normalized spacial score (nSPS) is 34.4. The summed E-state index contributed by atoms with van der Waals surface area (Å²) < 4.78 is 40.4. The van der Waals surface area contributed by atoms with Crippen LogP contribution in [0.4, 0.5) is 0 Å². The first-order chi connectivity index (χ1) is 30.5. The zero-order valence-electron chi connectivity index (χ0n) is 39.1. The fourth-order valence-corrected chi connectivity index (χ4v) is 13.1. The molecule has 5 aliphatic rings. The quantitative estimate of drug-likeness (QED) is 0.0932. The topological polar surface area (TPSA) is 72.5 Å². The molecule has 3 aromatic carbocycles. The molecule has 63 heavy (non-hydrogen) atoms. The summed E-state index contributed by atoms with van der Waals surface area (Å²) >= 11 is 0. The van der Waals surface area contributed by atoms with E-state index in [2.05, 4.69) is 65.0 Å². The van der Waals surface area contributed by atoms with Crippen LogP contribution in [-0.4, -0.2) is 49.4 Å². The first-order valence-electron chi connectivity index (χ1n) is 24.6. The van der Waals surface area contributed by atoms with Gasteiger partial charge in [0.1, 0.15) is 31.0 Å². The van der Waals surface area contributed by atoms with E-state index in [1.54, 1.807) is 5.57 Å². The van der Waals surface area contributed by atoms with E-state index >= 15 is 0 Å². The van der Waals surface area contributed by atoms with Crippen LogP contribution in [0.25, 0.3) is 0 Å². The van der Waals surface area contributed by atoms with E-state index in [1.807, 2.05) is 66.7 Å². The maximum absolute atomic E-state index is 12.3. The Labute approximate surface area is 379 Å². The van der Waals surface area contributed by atoms with Crippen LogP contribution >= 0.6 is 0 Å². The number of fused-ring (bicyclic) bond motifs is 5. The minimum absolute atomic E-state index is 0.0138. The molecule has 13 atom stereocenters. The average Bonchev–Trinajstić information content (AvgIpc) is 3.65. The van der Waals surface area contributed by atoms with Crippen molar-refractivity contribution in [3.63, 3.8) is 0 Å². The third kappa shape index (κ3) is 10.7. The second-order valence-corrected chi connectivity index (χ2v) is 20.9.